The largest absolute Gasteiger partial charge is 0.374 e. The van der Waals surface area contributed by atoms with Crippen LogP contribution in [-0.4, -0.2) is 43.0 Å². The molecule has 1 heterocycles. The highest BCUT2D eigenvalue weighted by molar-refractivity contribution is 5.84. The van der Waals surface area contributed by atoms with Crippen LogP contribution in [0.3, 0.4) is 0 Å². The molecule has 2 rings (SSSR count). The Kier molecular flexibility index (Phi) is 7.75. The molecule has 0 aliphatic carbocycles. The van der Waals surface area contributed by atoms with E-state index in [0.717, 1.165) is 31.2 Å². The predicted octanol–water partition coefficient (Wildman–Crippen LogP) is 2.67. The Hall–Kier alpha value is -1.88. The molecule has 0 radical (unpaired) electrons. The normalized spacial score (nSPS) is 16.5. The molecule has 1 unspecified atom stereocenters. The third-order valence-corrected chi connectivity index (χ3v) is 4.29. The molecule has 1 aliphatic heterocycles. The first kappa shape index (κ1) is 18.5. The van der Waals surface area contributed by atoms with Gasteiger partial charge in [0.05, 0.1) is 12.6 Å². The Balaban J connectivity index is 1.58. The van der Waals surface area contributed by atoms with Crippen molar-refractivity contribution in [3.63, 3.8) is 0 Å². The predicted molar refractivity (Wildman–Crippen MR) is 93.5 cm³/mol. The van der Waals surface area contributed by atoms with E-state index >= 15 is 0 Å². The van der Waals surface area contributed by atoms with Crippen molar-refractivity contribution in [2.45, 2.75) is 45.1 Å². The molecule has 0 bridgehead atoms. The maximum atomic E-state index is 11.9. The van der Waals surface area contributed by atoms with Gasteiger partial charge in [-0.3, -0.25) is 9.59 Å². The lowest BCUT2D eigenvalue weighted by atomic mass is 10.1. The summed E-state index contributed by atoms with van der Waals surface area (Å²) in [6.45, 7) is 4.07. The van der Waals surface area contributed by atoms with Gasteiger partial charge in [-0.1, -0.05) is 36.8 Å². The summed E-state index contributed by atoms with van der Waals surface area (Å²) in [5.41, 5.74) is 1.15. The van der Waals surface area contributed by atoms with Crippen LogP contribution in [0.1, 0.15) is 50.7 Å². The Bertz CT molecular complexity index is 519. The van der Waals surface area contributed by atoms with Gasteiger partial charge < -0.3 is 15.0 Å². The van der Waals surface area contributed by atoms with E-state index in [4.69, 9.17) is 4.74 Å². The number of nitrogens with one attached hydrogen (secondary N) is 1. The first-order valence-electron chi connectivity index (χ1n) is 8.88. The van der Waals surface area contributed by atoms with Crippen LogP contribution in [0.4, 0.5) is 0 Å². The molecule has 132 valence electrons. The van der Waals surface area contributed by atoms with Crippen molar-refractivity contribution < 1.29 is 14.3 Å². The number of benzene rings is 1. The van der Waals surface area contributed by atoms with Gasteiger partial charge in [0, 0.05) is 26.1 Å². The van der Waals surface area contributed by atoms with Crippen LogP contribution in [0.15, 0.2) is 30.3 Å². The van der Waals surface area contributed by atoms with Gasteiger partial charge in [-0.2, -0.15) is 0 Å². The highest BCUT2D eigenvalue weighted by atomic mass is 16.5. The monoisotopic (exact) mass is 332 g/mol. The average molecular weight is 332 g/mol. The highest BCUT2D eigenvalue weighted by Gasteiger charge is 2.18. The van der Waals surface area contributed by atoms with E-state index in [1.165, 1.54) is 0 Å². The topological polar surface area (TPSA) is 58.6 Å². The second-order valence-corrected chi connectivity index (χ2v) is 6.25. The smallest absolute Gasteiger partial charge is 0.239 e. The maximum absolute atomic E-state index is 11.9. The SMILES string of the molecule is CC(OCCCNC(=O)CN1CCCCCC1=O)c1ccccc1. The molecule has 1 saturated heterocycles. The molecule has 1 aromatic carbocycles. The molecule has 1 atom stereocenters. The number of nitrogens with zero attached hydrogens (tertiary/aromatic N) is 1. The first-order chi connectivity index (χ1) is 11.7. The molecular formula is C19H28N2O3. The highest BCUT2D eigenvalue weighted by Crippen LogP contribution is 2.15. The molecule has 5 nitrogen and oxygen atoms in total. The van der Waals surface area contributed by atoms with Crippen LogP contribution >= 0.6 is 0 Å². The Morgan fingerprint density at radius 1 is 1.25 bits per heavy atom. The number of carbonyl (C=O) groups is 2. The average Bonchev–Trinajstić information content (AvgIpc) is 2.80. The van der Waals surface area contributed by atoms with Crippen LogP contribution in [0.5, 0.6) is 0 Å². The lowest BCUT2D eigenvalue weighted by molar-refractivity contribution is -0.135. The molecule has 1 aliphatic rings. The zero-order chi connectivity index (χ0) is 17.2. The van der Waals surface area contributed by atoms with E-state index in [1.807, 2.05) is 37.3 Å². The van der Waals surface area contributed by atoms with Crippen LogP contribution in [0, 0.1) is 0 Å². The molecule has 0 aromatic heterocycles. The van der Waals surface area contributed by atoms with Gasteiger partial charge in [-0.15, -0.1) is 0 Å². The number of likely N-dealkylation sites (tertiary alicyclic amines) is 1. The molecule has 5 heteroatoms. The second kappa shape index (κ2) is 10.1. The molecule has 2 amide bonds. The van der Waals surface area contributed by atoms with Gasteiger partial charge >= 0.3 is 0 Å². The summed E-state index contributed by atoms with van der Waals surface area (Å²) in [4.78, 5) is 25.5. The molecule has 1 N–H and O–H groups in total. The zero-order valence-electron chi connectivity index (χ0n) is 14.5. The standard InChI is InChI=1S/C19H28N2O3/c1-16(17-9-4-2-5-10-17)24-14-8-12-20-18(22)15-21-13-7-3-6-11-19(21)23/h2,4-5,9-10,16H,3,6-8,11-15H2,1H3,(H,20,22). The molecule has 1 aromatic rings. The molecule has 1 fully saturated rings. The lowest BCUT2D eigenvalue weighted by Gasteiger charge is -2.19. The molecule has 24 heavy (non-hydrogen) atoms. The van der Waals surface area contributed by atoms with Crippen LogP contribution in [0.2, 0.25) is 0 Å². The van der Waals surface area contributed by atoms with Crippen molar-refractivity contribution >= 4 is 11.8 Å². The van der Waals surface area contributed by atoms with Crippen LogP contribution < -0.4 is 5.32 Å². The lowest BCUT2D eigenvalue weighted by Crippen LogP contribution is -2.40. The van der Waals surface area contributed by atoms with E-state index in [0.29, 0.717) is 26.1 Å². The van der Waals surface area contributed by atoms with E-state index in [-0.39, 0.29) is 24.5 Å². The number of hydrogen-bond donors (Lipinski definition) is 1. The minimum absolute atomic E-state index is 0.0524. The van der Waals surface area contributed by atoms with Crippen molar-refractivity contribution in [2.75, 3.05) is 26.2 Å². The van der Waals surface area contributed by atoms with Crippen LogP contribution in [-0.2, 0) is 14.3 Å². The quantitative estimate of drug-likeness (QED) is 0.745. The van der Waals surface area contributed by atoms with E-state index in [2.05, 4.69) is 5.32 Å². The fourth-order valence-electron chi connectivity index (χ4n) is 2.82. The van der Waals surface area contributed by atoms with Crippen molar-refractivity contribution in [1.29, 1.82) is 0 Å². The number of carbonyl (C=O) groups excluding carboxylic acids is 2. The fourth-order valence-corrected chi connectivity index (χ4v) is 2.82. The van der Waals surface area contributed by atoms with Gasteiger partial charge in [-0.05, 0) is 31.7 Å². The van der Waals surface area contributed by atoms with E-state index < -0.39 is 0 Å². The first-order valence-corrected chi connectivity index (χ1v) is 8.88. The summed E-state index contributed by atoms with van der Waals surface area (Å²) in [6.07, 6.45) is 4.38. The minimum atomic E-state index is -0.0821. The third-order valence-electron chi connectivity index (χ3n) is 4.29. The van der Waals surface area contributed by atoms with E-state index in [9.17, 15) is 9.59 Å². The van der Waals surface area contributed by atoms with Gasteiger partial charge in [0.2, 0.25) is 11.8 Å². The van der Waals surface area contributed by atoms with Crippen molar-refractivity contribution in [3.8, 4) is 0 Å². The Morgan fingerprint density at radius 3 is 2.83 bits per heavy atom. The number of rotatable bonds is 8. The zero-order valence-corrected chi connectivity index (χ0v) is 14.5. The van der Waals surface area contributed by atoms with Crippen molar-refractivity contribution in [1.82, 2.24) is 10.2 Å². The maximum Gasteiger partial charge on any atom is 0.239 e. The molecule has 0 saturated carbocycles. The van der Waals surface area contributed by atoms with Gasteiger partial charge in [0.15, 0.2) is 0 Å². The van der Waals surface area contributed by atoms with Crippen molar-refractivity contribution in [2.24, 2.45) is 0 Å². The number of hydrogen-bond acceptors (Lipinski definition) is 3. The van der Waals surface area contributed by atoms with Crippen molar-refractivity contribution in [3.05, 3.63) is 35.9 Å². The Morgan fingerprint density at radius 2 is 2.04 bits per heavy atom. The van der Waals surface area contributed by atoms with Crippen LogP contribution in [0.25, 0.3) is 0 Å². The summed E-state index contributed by atoms with van der Waals surface area (Å²) < 4.78 is 5.78. The summed E-state index contributed by atoms with van der Waals surface area (Å²) in [5.74, 6) is 0.0176. The third kappa shape index (κ3) is 6.32. The summed E-state index contributed by atoms with van der Waals surface area (Å²) >= 11 is 0. The van der Waals surface area contributed by atoms with E-state index in [1.54, 1.807) is 4.90 Å². The second-order valence-electron chi connectivity index (χ2n) is 6.25. The number of amides is 2. The Labute approximate surface area is 144 Å². The summed E-state index contributed by atoms with van der Waals surface area (Å²) in [7, 11) is 0. The van der Waals surface area contributed by atoms with Gasteiger partial charge in [-0.25, -0.2) is 0 Å². The minimum Gasteiger partial charge on any atom is -0.374 e. The van der Waals surface area contributed by atoms with Gasteiger partial charge in [0.25, 0.3) is 0 Å². The summed E-state index contributed by atoms with van der Waals surface area (Å²) in [6, 6.07) is 10.1. The summed E-state index contributed by atoms with van der Waals surface area (Å²) in [5, 5.41) is 2.87. The number of ether oxygens (including phenoxy) is 1. The molecule has 0 spiro atoms. The molecular weight excluding hydrogens is 304 g/mol. The fraction of sp³-hybridized carbons (Fsp3) is 0.579. The van der Waals surface area contributed by atoms with Gasteiger partial charge in [0.1, 0.15) is 0 Å².